The first kappa shape index (κ1) is 15.8. The van der Waals surface area contributed by atoms with Crippen LogP contribution in [-0.4, -0.2) is 23.6 Å². The van der Waals surface area contributed by atoms with Crippen LogP contribution in [0.4, 0.5) is 4.39 Å². The third-order valence-corrected chi connectivity index (χ3v) is 2.98. The molecule has 0 aliphatic heterocycles. The number of amides is 2. The summed E-state index contributed by atoms with van der Waals surface area (Å²) < 4.78 is 12.9. The van der Waals surface area contributed by atoms with Crippen LogP contribution in [-0.2, 0) is 16.1 Å². The predicted octanol–water partition coefficient (Wildman–Crippen LogP) is 1.53. The maximum atomic E-state index is 12.9. The Morgan fingerprint density at radius 3 is 2.68 bits per heavy atom. The van der Waals surface area contributed by atoms with Crippen molar-refractivity contribution in [3.05, 3.63) is 34.6 Å². The minimum Gasteiger partial charge on any atom is -0.350 e. The largest absolute Gasteiger partial charge is 0.350 e. The van der Waals surface area contributed by atoms with Crippen LogP contribution in [0.2, 0.25) is 5.02 Å². The predicted molar refractivity (Wildman–Crippen MR) is 74.7 cm³/mol. The summed E-state index contributed by atoms with van der Waals surface area (Å²) in [5.41, 5.74) is 0.667. The van der Waals surface area contributed by atoms with E-state index in [1.807, 2.05) is 0 Å². The molecule has 4 nitrogen and oxygen atoms in total. The van der Waals surface area contributed by atoms with E-state index in [0.29, 0.717) is 5.56 Å². The molecule has 1 aromatic rings. The smallest absolute Gasteiger partial charge is 0.243 e. The Morgan fingerprint density at radius 1 is 1.47 bits per heavy atom. The number of carbonyl (C=O) groups excluding carboxylic acids is 2. The molecule has 0 saturated carbocycles. The summed E-state index contributed by atoms with van der Waals surface area (Å²) in [4.78, 5) is 22.6. The maximum absolute atomic E-state index is 12.9. The number of hydrogen-bond donors (Lipinski definition) is 3. The van der Waals surface area contributed by atoms with Crippen molar-refractivity contribution in [1.82, 2.24) is 10.6 Å². The third-order valence-electron chi connectivity index (χ3n) is 2.33. The molecule has 19 heavy (non-hydrogen) atoms. The minimum absolute atomic E-state index is 0.000597. The van der Waals surface area contributed by atoms with Gasteiger partial charge in [-0.3, -0.25) is 9.59 Å². The molecule has 1 aromatic carbocycles. The fraction of sp³-hybridized carbons (Fsp3) is 0.333. The van der Waals surface area contributed by atoms with Gasteiger partial charge in [-0.1, -0.05) is 17.7 Å². The lowest BCUT2D eigenvalue weighted by Crippen LogP contribution is -2.47. The highest BCUT2D eigenvalue weighted by molar-refractivity contribution is 7.80. The van der Waals surface area contributed by atoms with Crippen LogP contribution < -0.4 is 10.6 Å². The molecule has 7 heteroatoms. The van der Waals surface area contributed by atoms with E-state index in [1.165, 1.54) is 25.1 Å². The number of carbonyl (C=O) groups is 2. The van der Waals surface area contributed by atoms with Crippen molar-refractivity contribution in [2.24, 2.45) is 0 Å². The first-order valence-corrected chi connectivity index (χ1v) is 6.54. The summed E-state index contributed by atoms with van der Waals surface area (Å²) in [6, 6.07) is 3.49. The normalized spacial score (nSPS) is 11.8. The Labute approximate surface area is 121 Å². The van der Waals surface area contributed by atoms with Crippen molar-refractivity contribution in [3.63, 3.8) is 0 Å². The summed E-state index contributed by atoms with van der Waals surface area (Å²) in [6.45, 7) is 1.52. The van der Waals surface area contributed by atoms with Crippen LogP contribution in [0.15, 0.2) is 18.2 Å². The van der Waals surface area contributed by atoms with Gasteiger partial charge in [0.05, 0.1) is 5.02 Å². The van der Waals surface area contributed by atoms with Crippen LogP contribution >= 0.6 is 24.2 Å². The van der Waals surface area contributed by atoms with Crippen molar-refractivity contribution < 1.29 is 14.0 Å². The summed E-state index contributed by atoms with van der Waals surface area (Å²) in [7, 11) is 0. The number of nitrogens with one attached hydrogen (secondary N) is 2. The van der Waals surface area contributed by atoms with Gasteiger partial charge in [0.15, 0.2) is 0 Å². The Bertz CT molecular complexity index is 485. The van der Waals surface area contributed by atoms with E-state index in [4.69, 9.17) is 11.6 Å². The van der Waals surface area contributed by atoms with E-state index >= 15 is 0 Å². The highest BCUT2D eigenvalue weighted by atomic mass is 35.5. The lowest BCUT2D eigenvalue weighted by atomic mass is 10.2. The van der Waals surface area contributed by atoms with Gasteiger partial charge in [0.25, 0.3) is 0 Å². The molecule has 104 valence electrons. The average Bonchev–Trinajstić information content (AvgIpc) is 2.36. The van der Waals surface area contributed by atoms with Crippen LogP contribution in [0.5, 0.6) is 0 Å². The second-order valence-corrected chi connectivity index (χ2v) is 4.67. The quantitative estimate of drug-likeness (QED) is 0.723. The molecule has 0 saturated heterocycles. The maximum Gasteiger partial charge on any atom is 0.243 e. The van der Waals surface area contributed by atoms with Gasteiger partial charge in [0, 0.05) is 19.2 Å². The number of hydrogen-bond acceptors (Lipinski definition) is 3. The van der Waals surface area contributed by atoms with E-state index in [9.17, 15) is 14.0 Å². The van der Waals surface area contributed by atoms with Crippen LogP contribution in [0.25, 0.3) is 0 Å². The molecule has 0 heterocycles. The molecule has 2 N–H and O–H groups in total. The molecule has 1 unspecified atom stereocenters. The fourth-order valence-corrected chi connectivity index (χ4v) is 1.86. The van der Waals surface area contributed by atoms with E-state index in [0.717, 1.165) is 0 Å². The molecule has 0 bridgehead atoms. The van der Waals surface area contributed by atoms with Crippen molar-refractivity contribution in [3.8, 4) is 0 Å². The molecule has 0 aliphatic rings. The molecule has 0 fully saturated rings. The Balaban J connectivity index is 2.57. The highest BCUT2D eigenvalue weighted by Gasteiger charge is 2.17. The molecular formula is C12H14ClFN2O2S. The van der Waals surface area contributed by atoms with Gasteiger partial charge in [-0.05, 0) is 17.7 Å². The molecule has 0 aromatic heterocycles. The molecule has 1 rings (SSSR count). The van der Waals surface area contributed by atoms with Crippen LogP contribution in [0, 0.1) is 5.82 Å². The Kier molecular flexibility index (Phi) is 6.11. The highest BCUT2D eigenvalue weighted by Crippen LogP contribution is 2.15. The molecular weight excluding hydrogens is 291 g/mol. The van der Waals surface area contributed by atoms with Gasteiger partial charge < -0.3 is 10.6 Å². The lowest BCUT2D eigenvalue weighted by molar-refractivity contribution is -0.127. The van der Waals surface area contributed by atoms with Crippen LogP contribution in [0.1, 0.15) is 12.5 Å². The minimum atomic E-state index is -0.697. The molecule has 0 radical (unpaired) electrons. The van der Waals surface area contributed by atoms with Gasteiger partial charge in [-0.25, -0.2) is 4.39 Å². The van der Waals surface area contributed by atoms with Gasteiger partial charge >= 0.3 is 0 Å². The van der Waals surface area contributed by atoms with Crippen molar-refractivity contribution >= 4 is 36.0 Å². The van der Waals surface area contributed by atoms with Crippen LogP contribution in [0.3, 0.4) is 0 Å². The van der Waals surface area contributed by atoms with Gasteiger partial charge in [-0.15, -0.1) is 0 Å². The summed E-state index contributed by atoms with van der Waals surface area (Å²) in [5, 5.41) is 5.09. The number of thiol groups is 1. The zero-order valence-electron chi connectivity index (χ0n) is 10.2. The summed E-state index contributed by atoms with van der Waals surface area (Å²) in [6.07, 6.45) is 0. The van der Waals surface area contributed by atoms with Crippen molar-refractivity contribution in [1.29, 1.82) is 0 Å². The number of rotatable bonds is 5. The molecule has 0 spiro atoms. The SMILES string of the molecule is CC(=O)NC(CS)C(=O)NCc1ccc(F)c(Cl)c1. The number of halogens is 2. The van der Waals surface area contributed by atoms with E-state index in [1.54, 1.807) is 0 Å². The average molecular weight is 305 g/mol. The summed E-state index contributed by atoms with van der Waals surface area (Å²) >= 11 is 9.62. The van der Waals surface area contributed by atoms with E-state index in [-0.39, 0.29) is 29.1 Å². The molecule has 2 amide bonds. The first-order valence-electron chi connectivity index (χ1n) is 5.53. The second-order valence-electron chi connectivity index (χ2n) is 3.90. The van der Waals surface area contributed by atoms with Gasteiger partial charge in [-0.2, -0.15) is 12.6 Å². The molecule has 1 atom stereocenters. The topological polar surface area (TPSA) is 58.2 Å². The number of benzene rings is 1. The second kappa shape index (κ2) is 7.35. The van der Waals surface area contributed by atoms with E-state index in [2.05, 4.69) is 23.3 Å². The zero-order valence-corrected chi connectivity index (χ0v) is 11.9. The zero-order chi connectivity index (χ0) is 14.4. The van der Waals surface area contributed by atoms with E-state index < -0.39 is 11.9 Å². The third kappa shape index (κ3) is 5.08. The monoisotopic (exact) mass is 304 g/mol. The summed E-state index contributed by atoms with van der Waals surface area (Å²) in [5.74, 6) is -0.983. The van der Waals surface area contributed by atoms with Crippen molar-refractivity contribution in [2.45, 2.75) is 19.5 Å². The fourth-order valence-electron chi connectivity index (χ4n) is 1.40. The first-order chi connectivity index (χ1) is 8.93. The lowest BCUT2D eigenvalue weighted by Gasteiger charge is -2.15. The van der Waals surface area contributed by atoms with Gasteiger partial charge in [0.1, 0.15) is 11.9 Å². The Hall–Kier alpha value is -1.27. The Morgan fingerprint density at radius 2 is 2.16 bits per heavy atom. The molecule has 0 aliphatic carbocycles. The van der Waals surface area contributed by atoms with Gasteiger partial charge in [0.2, 0.25) is 11.8 Å². The standard InChI is InChI=1S/C12H14ClFN2O2S/c1-7(17)16-11(6-19)12(18)15-5-8-2-3-10(14)9(13)4-8/h2-4,11,19H,5-6H2,1H3,(H,15,18)(H,16,17). The van der Waals surface area contributed by atoms with Crippen molar-refractivity contribution in [2.75, 3.05) is 5.75 Å².